The highest BCUT2D eigenvalue weighted by Gasteiger charge is 2.33. The molecule has 122 valence electrons. The van der Waals surface area contributed by atoms with E-state index in [0.29, 0.717) is 10.7 Å². The lowest BCUT2D eigenvalue weighted by molar-refractivity contribution is -0.138. The van der Waals surface area contributed by atoms with Crippen LogP contribution in [0.5, 0.6) is 0 Å². The van der Waals surface area contributed by atoms with Crippen LogP contribution >= 0.6 is 11.6 Å². The molecule has 0 saturated carbocycles. The fraction of sp³-hybridized carbons (Fsp3) is 0.267. The monoisotopic (exact) mass is 343 g/mol. The smallest absolute Gasteiger partial charge is 0.348 e. The Balaban J connectivity index is 2.07. The molecule has 2 aromatic heterocycles. The van der Waals surface area contributed by atoms with Crippen LogP contribution in [0.3, 0.4) is 0 Å². The van der Waals surface area contributed by atoms with E-state index in [2.05, 4.69) is 15.3 Å². The molecule has 23 heavy (non-hydrogen) atoms. The first kappa shape index (κ1) is 17.2. The molecule has 0 spiro atoms. The van der Waals surface area contributed by atoms with Crippen LogP contribution in [0.25, 0.3) is 0 Å². The van der Waals surface area contributed by atoms with Crippen LogP contribution in [0.4, 0.5) is 13.2 Å². The Labute approximate surface area is 135 Å². The minimum absolute atomic E-state index is 0.172. The predicted octanol–water partition coefficient (Wildman–Crippen LogP) is 3.57. The van der Waals surface area contributed by atoms with Crippen LogP contribution in [0, 0.1) is 0 Å². The quantitative estimate of drug-likeness (QED) is 0.923. The molecule has 0 aliphatic carbocycles. The Bertz CT molecular complexity index is 689. The second kappa shape index (κ2) is 6.95. The van der Waals surface area contributed by atoms with Crippen molar-refractivity contribution in [1.29, 1.82) is 0 Å². The van der Waals surface area contributed by atoms with E-state index in [0.717, 1.165) is 18.5 Å². The zero-order valence-electron chi connectivity index (χ0n) is 12.1. The normalized spacial score (nSPS) is 12.7. The Kier molecular flexibility index (Phi) is 5.20. The summed E-state index contributed by atoms with van der Waals surface area (Å²) in [5.41, 5.74) is -0.473. The number of carbonyl (C=O) groups excluding carboxylic acids is 1. The van der Waals surface area contributed by atoms with Crippen molar-refractivity contribution in [2.75, 3.05) is 0 Å². The van der Waals surface area contributed by atoms with Gasteiger partial charge in [-0.1, -0.05) is 11.6 Å². The van der Waals surface area contributed by atoms with Crippen LogP contribution in [-0.4, -0.2) is 15.9 Å². The number of aromatic nitrogens is 2. The molecule has 2 heterocycles. The maximum absolute atomic E-state index is 12.9. The van der Waals surface area contributed by atoms with Gasteiger partial charge in [-0.25, -0.2) is 0 Å². The molecule has 1 amide bonds. The highest BCUT2D eigenvalue weighted by atomic mass is 35.5. The Morgan fingerprint density at radius 2 is 2.04 bits per heavy atom. The van der Waals surface area contributed by atoms with Gasteiger partial charge >= 0.3 is 6.18 Å². The molecule has 0 fully saturated rings. The number of nitrogens with zero attached hydrogens (tertiary/aromatic N) is 2. The molecule has 2 aromatic rings. The summed E-state index contributed by atoms with van der Waals surface area (Å²) in [4.78, 5) is 19.7. The van der Waals surface area contributed by atoms with E-state index >= 15 is 0 Å². The third-order valence-corrected chi connectivity index (χ3v) is 3.35. The third kappa shape index (κ3) is 4.66. The lowest BCUT2D eigenvalue weighted by atomic mass is 10.1. The van der Waals surface area contributed by atoms with E-state index < -0.39 is 30.1 Å². The van der Waals surface area contributed by atoms with Gasteiger partial charge in [-0.2, -0.15) is 13.2 Å². The van der Waals surface area contributed by atoms with E-state index in [1.165, 1.54) is 6.20 Å². The van der Waals surface area contributed by atoms with Crippen LogP contribution in [0.15, 0.2) is 36.8 Å². The van der Waals surface area contributed by atoms with Crippen molar-refractivity contribution >= 4 is 17.5 Å². The van der Waals surface area contributed by atoms with Crippen molar-refractivity contribution in [1.82, 2.24) is 15.3 Å². The van der Waals surface area contributed by atoms with Crippen LogP contribution in [0.2, 0.25) is 5.02 Å². The van der Waals surface area contributed by atoms with Crippen LogP contribution in [0.1, 0.15) is 29.8 Å². The predicted molar refractivity (Wildman–Crippen MR) is 78.7 cm³/mol. The second-order valence-corrected chi connectivity index (χ2v) is 5.33. The molecule has 0 bridgehead atoms. The van der Waals surface area contributed by atoms with Crippen LogP contribution in [-0.2, 0) is 17.4 Å². The summed E-state index contributed by atoms with van der Waals surface area (Å²) >= 11 is 5.73. The number of amides is 1. The van der Waals surface area contributed by atoms with Gasteiger partial charge in [0, 0.05) is 18.6 Å². The molecule has 1 atom stereocenters. The first-order valence-electron chi connectivity index (χ1n) is 6.68. The maximum Gasteiger partial charge on any atom is 0.416 e. The molecular weight excluding hydrogens is 331 g/mol. The Morgan fingerprint density at radius 3 is 2.65 bits per heavy atom. The van der Waals surface area contributed by atoms with E-state index in [4.69, 9.17) is 11.6 Å². The minimum Gasteiger partial charge on any atom is -0.348 e. The van der Waals surface area contributed by atoms with Gasteiger partial charge in [0.15, 0.2) is 0 Å². The molecule has 0 radical (unpaired) electrons. The number of nitrogens with one attached hydrogen (secondary N) is 1. The minimum atomic E-state index is -4.53. The summed E-state index contributed by atoms with van der Waals surface area (Å²) in [6.07, 6.45) is -1.41. The second-order valence-electron chi connectivity index (χ2n) is 4.90. The molecule has 0 aromatic carbocycles. The van der Waals surface area contributed by atoms with Crippen molar-refractivity contribution in [2.24, 2.45) is 0 Å². The summed E-state index contributed by atoms with van der Waals surface area (Å²) in [7, 11) is 0. The molecule has 2 rings (SSSR count). The van der Waals surface area contributed by atoms with Gasteiger partial charge in [0.25, 0.3) is 0 Å². The highest BCUT2D eigenvalue weighted by Crippen LogP contribution is 2.31. The van der Waals surface area contributed by atoms with Crippen molar-refractivity contribution < 1.29 is 18.0 Å². The molecule has 4 nitrogen and oxygen atoms in total. The van der Waals surface area contributed by atoms with Crippen LogP contribution < -0.4 is 5.32 Å². The average Bonchev–Trinajstić information content (AvgIpc) is 2.47. The van der Waals surface area contributed by atoms with E-state index in [1.807, 2.05) is 0 Å². The summed E-state index contributed by atoms with van der Waals surface area (Å²) < 4.78 is 38.6. The highest BCUT2D eigenvalue weighted by molar-refractivity contribution is 6.30. The average molecular weight is 344 g/mol. The molecule has 0 saturated heterocycles. The molecular formula is C15H13ClF3N3O. The number of alkyl halides is 3. The lowest BCUT2D eigenvalue weighted by Crippen LogP contribution is -2.29. The van der Waals surface area contributed by atoms with Gasteiger partial charge in [0.05, 0.1) is 28.7 Å². The van der Waals surface area contributed by atoms with Crippen molar-refractivity contribution in [3.63, 3.8) is 0 Å². The topological polar surface area (TPSA) is 54.9 Å². The SMILES string of the molecule is C[C@H](NC(=O)Cc1cnccc1C(F)(F)F)c1ccc(Cl)cn1. The first-order valence-corrected chi connectivity index (χ1v) is 7.06. The van der Waals surface area contributed by atoms with Gasteiger partial charge in [-0.05, 0) is 30.7 Å². The number of halogens is 4. The van der Waals surface area contributed by atoms with Gasteiger partial charge in [0.2, 0.25) is 5.91 Å². The van der Waals surface area contributed by atoms with Crippen molar-refractivity contribution in [3.05, 3.63) is 58.6 Å². The molecule has 8 heteroatoms. The summed E-state index contributed by atoms with van der Waals surface area (Å²) in [6.45, 7) is 1.68. The molecule has 1 N–H and O–H groups in total. The summed E-state index contributed by atoms with van der Waals surface area (Å²) in [6, 6.07) is 3.66. The fourth-order valence-corrected chi connectivity index (χ4v) is 2.14. The molecule has 0 aliphatic rings. The zero-order chi connectivity index (χ0) is 17.0. The number of carbonyl (C=O) groups is 1. The maximum atomic E-state index is 12.9. The number of rotatable bonds is 4. The van der Waals surface area contributed by atoms with E-state index in [1.54, 1.807) is 19.1 Å². The van der Waals surface area contributed by atoms with Crippen molar-refractivity contribution in [2.45, 2.75) is 25.6 Å². The van der Waals surface area contributed by atoms with Gasteiger partial charge in [-0.3, -0.25) is 14.8 Å². The Hall–Kier alpha value is -2.15. The fourth-order valence-electron chi connectivity index (χ4n) is 2.03. The standard InChI is InChI=1S/C15H13ClF3N3O/c1-9(13-3-2-11(16)8-21-13)22-14(23)6-10-7-20-5-4-12(10)15(17,18)19/h2-5,7-9H,6H2,1H3,(H,22,23)/t9-/m0/s1. The van der Waals surface area contributed by atoms with Gasteiger partial charge < -0.3 is 5.32 Å². The number of hydrogen-bond acceptors (Lipinski definition) is 3. The molecule has 0 unspecified atom stereocenters. The van der Waals surface area contributed by atoms with Gasteiger partial charge in [0.1, 0.15) is 0 Å². The summed E-state index contributed by atoms with van der Waals surface area (Å²) in [5.74, 6) is -0.548. The number of hydrogen-bond donors (Lipinski definition) is 1. The lowest BCUT2D eigenvalue weighted by Gasteiger charge is -2.15. The van der Waals surface area contributed by atoms with Gasteiger partial charge in [-0.15, -0.1) is 0 Å². The molecule has 0 aliphatic heterocycles. The number of pyridine rings is 2. The first-order chi connectivity index (χ1) is 10.8. The van der Waals surface area contributed by atoms with Crippen molar-refractivity contribution in [3.8, 4) is 0 Å². The largest absolute Gasteiger partial charge is 0.416 e. The summed E-state index contributed by atoms with van der Waals surface area (Å²) in [5, 5.41) is 3.06. The zero-order valence-corrected chi connectivity index (χ0v) is 12.8. The third-order valence-electron chi connectivity index (χ3n) is 3.13. The van der Waals surface area contributed by atoms with E-state index in [-0.39, 0.29) is 5.56 Å². The Morgan fingerprint density at radius 1 is 1.30 bits per heavy atom. The van der Waals surface area contributed by atoms with E-state index in [9.17, 15) is 18.0 Å².